The zero-order chi connectivity index (χ0) is 15.7. The van der Waals surface area contributed by atoms with E-state index < -0.39 is 6.04 Å². The minimum atomic E-state index is -0.479. The third kappa shape index (κ3) is 3.67. The van der Waals surface area contributed by atoms with Crippen molar-refractivity contribution in [2.45, 2.75) is 51.5 Å². The second kappa shape index (κ2) is 7.32. The molecule has 1 amide bonds. The van der Waals surface area contributed by atoms with Crippen molar-refractivity contribution in [3.8, 4) is 0 Å². The number of hydrogen-bond donors (Lipinski definition) is 3. The minimum absolute atomic E-state index is 0. The average Bonchev–Trinajstić information content (AvgIpc) is 2.85. The highest BCUT2D eigenvalue weighted by Gasteiger charge is 2.23. The molecule has 1 aromatic carbocycles. The van der Waals surface area contributed by atoms with Gasteiger partial charge in [-0.25, -0.2) is 4.98 Å². The SMILES string of the molecule is CCC(C)C(N)C(=O)Nc1ccc2nc(C3CCC3)[nH]c2c1.Cl. The molecule has 0 bridgehead atoms. The van der Waals surface area contributed by atoms with Crippen molar-refractivity contribution >= 4 is 35.0 Å². The molecule has 0 radical (unpaired) electrons. The number of carbonyl (C=O) groups excluding carboxylic acids is 1. The molecule has 1 heterocycles. The third-order valence-corrected chi connectivity index (χ3v) is 4.82. The highest BCUT2D eigenvalue weighted by atomic mass is 35.5. The molecule has 4 N–H and O–H groups in total. The van der Waals surface area contributed by atoms with Gasteiger partial charge in [0.25, 0.3) is 0 Å². The second-order valence-corrected chi connectivity index (χ2v) is 6.38. The van der Waals surface area contributed by atoms with E-state index in [1.54, 1.807) is 0 Å². The fraction of sp³-hybridized carbons (Fsp3) is 0.529. The molecule has 0 spiro atoms. The Balaban J connectivity index is 0.00000192. The van der Waals surface area contributed by atoms with Crippen molar-refractivity contribution in [3.63, 3.8) is 0 Å². The van der Waals surface area contributed by atoms with E-state index in [0.29, 0.717) is 5.92 Å². The van der Waals surface area contributed by atoms with Crippen LogP contribution in [0.1, 0.15) is 51.3 Å². The molecule has 1 saturated carbocycles. The van der Waals surface area contributed by atoms with Crippen molar-refractivity contribution in [1.82, 2.24) is 9.97 Å². The topological polar surface area (TPSA) is 83.8 Å². The number of nitrogens with zero attached hydrogens (tertiary/aromatic N) is 1. The largest absolute Gasteiger partial charge is 0.342 e. The standard InChI is InChI=1S/C17H24N4O.ClH/c1-3-10(2)15(18)17(22)19-12-7-8-13-14(9-12)21-16(20-13)11-5-4-6-11;/h7-11,15H,3-6,18H2,1-2H3,(H,19,22)(H,20,21);1H. The quantitative estimate of drug-likeness (QED) is 0.780. The summed E-state index contributed by atoms with van der Waals surface area (Å²) in [5, 5.41) is 2.90. The maximum absolute atomic E-state index is 12.2. The summed E-state index contributed by atoms with van der Waals surface area (Å²) in [6.45, 7) is 4.03. The molecule has 0 aliphatic heterocycles. The van der Waals surface area contributed by atoms with E-state index in [9.17, 15) is 4.79 Å². The molecular formula is C17H25ClN4O. The van der Waals surface area contributed by atoms with Gasteiger partial charge >= 0.3 is 0 Å². The van der Waals surface area contributed by atoms with Gasteiger partial charge < -0.3 is 16.0 Å². The number of H-pyrrole nitrogens is 1. The second-order valence-electron chi connectivity index (χ2n) is 6.38. The number of nitrogens with two attached hydrogens (primary N) is 1. The number of fused-ring (bicyclic) bond motifs is 1. The highest BCUT2D eigenvalue weighted by Crippen LogP contribution is 2.35. The predicted molar refractivity (Wildman–Crippen MR) is 96.0 cm³/mol. The van der Waals surface area contributed by atoms with Gasteiger partial charge in [-0.2, -0.15) is 0 Å². The maximum Gasteiger partial charge on any atom is 0.241 e. The van der Waals surface area contributed by atoms with Crippen molar-refractivity contribution in [1.29, 1.82) is 0 Å². The van der Waals surface area contributed by atoms with Gasteiger partial charge in [0.05, 0.1) is 17.1 Å². The lowest BCUT2D eigenvalue weighted by Gasteiger charge is -2.22. The molecule has 6 heteroatoms. The Hall–Kier alpha value is -1.59. The van der Waals surface area contributed by atoms with Crippen LogP contribution in [0.15, 0.2) is 18.2 Å². The zero-order valence-electron chi connectivity index (χ0n) is 13.6. The maximum atomic E-state index is 12.2. The van der Waals surface area contributed by atoms with E-state index in [4.69, 9.17) is 5.73 Å². The van der Waals surface area contributed by atoms with E-state index in [1.807, 2.05) is 32.0 Å². The highest BCUT2D eigenvalue weighted by molar-refractivity contribution is 5.96. The molecule has 23 heavy (non-hydrogen) atoms. The number of aromatic amines is 1. The number of amides is 1. The number of rotatable bonds is 5. The molecule has 1 aromatic heterocycles. The molecular weight excluding hydrogens is 312 g/mol. The number of halogens is 1. The Morgan fingerprint density at radius 1 is 1.48 bits per heavy atom. The molecule has 0 saturated heterocycles. The van der Waals surface area contributed by atoms with E-state index in [2.05, 4.69) is 15.3 Å². The van der Waals surface area contributed by atoms with E-state index in [0.717, 1.165) is 29.0 Å². The van der Waals surface area contributed by atoms with Crippen molar-refractivity contribution in [2.75, 3.05) is 5.32 Å². The van der Waals surface area contributed by atoms with Crippen LogP contribution in [0, 0.1) is 5.92 Å². The van der Waals surface area contributed by atoms with Gasteiger partial charge in [0, 0.05) is 11.6 Å². The summed E-state index contributed by atoms with van der Waals surface area (Å²) in [4.78, 5) is 20.2. The molecule has 1 aliphatic carbocycles. The number of nitrogens with one attached hydrogen (secondary N) is 2. The molecule has 2 unspecified atom stereocenters. The predicted octanol–water partition coefficient (Wildman–Crippen LogP) is 3.56. The van der Waals surface area contributed by atoms with Crippen LogP contribution in [0.2, 0.25) is 0 Å². The van der Waals surface area contributed by atoms with Gasteiger partial charge in [0.2, 0.25) is 5.91 Å². The molecule has 126 valence electrons. The Bertz CT molecular complexity index is 680. The summed E-state index contributed by atoms with van der Waals surface area (Å²) >= 11 is 0. The van der Waals surface area contributed by atoms with Crippen LogP contribution in [-0.4, -0.2) is 21.9 Å². The lowest BCUT2D eigenvalue weighted by molar-refractivity contribution is -0.118. The van der Waals surface area contributed by atoms with Gasteiger partial charge in [-0.05, 0) is 37.0 Å². The summed E-state index contributed by atoms with van der Waals surface area (Å²) < 4.78 is 0. The number of hydrogen-bond acceptors (Lipinski definition) is 3. The molecule has 1 fully saturated rings. The lowest BCUT2D eigenvalue weighted by atomic mass is 9.85. The first-order chi connectivity index (χ1) is 10.6. The number of benzene rings is 1. The van der Waals surface area contributed by atoms with Crippen LogP contribution in [0.25, 0.3) is 11.0 Å². The van der Waals surface area contributed by atoms with Crippen LogP contribution in [0.4, 0.5) is 5.69 Å². The first-order valence-corrected chi connectivity index (χ1v) is 8.14. The van der Waals surface area contributed by atoms with Crippen molar-refractivity contribution in [3.05, 3.63) is 24.0 Å². The molecule has 2 aromatic rings. The zero-order valence-corrected chi connectivity index (χ0v) is 14.5. The van der Waals surface area contributed by atoms with E-state index >= 15 is 0 Å². The summed E-state index contributed by atoms with van der Waals surface area (Å²) in [5.74, 6) is 1.68. The van der Waals surface area contributed by atoms with Crippen molar-refractivity contribution < 1.29 is 4.79 Å². The smallest absolute Gasteiger partial charge is 0.241 e. The number of imidazole rings is 1. The van der Waals surface area contributed by atoms with Crippen LogP contribution in [0.3, 0.4) is 0 Å². The molecule has 5 nitrogen and oxygen atoms in total. The lowest BCUT2D eigenvalue weighted by Crippen LogP contribution is -2.40. The fourth-order valence-electron chi connectivity index (χ4n) is 2.72. The van der Waals surface area contributed by atoms with Gasteiger partial charge in [0.1, 0.15) is 5.82 Å². The number of anilines is 1. The van der Waals surface area contributed by atoms with Crippen LogP contribution < -0.4 is 11.1 Å². The Morgan fingerprint density at radius 3 is 2.83 bits per heavy atom. The molecule has 3 rings (SSSR count). The Kier molecular flexibility index (Phi) is 5.65. The Labute approximate surface area is 142 Å². The van der Waals surface area contributed by atoms with Gasteiger partial charge in [-0.15, -0.1) is 12.4 Å². The normalized spacial score (nSPS) is 17.2. The minimum Gasteiger partial charge on any atom is -0.342 e. The van der Waals surface area contributed by atoms with Gasteiger partial charge in [0.15, 0.2) is 0 Å². The summed E-state index contributed by atoms with van der Waals surface area (Å²) in [7, 11) is 0. The Morgan fingerprint density at radius 2 is 2.22 bits per heavy atom. The van der Waals surface area contributed by atoms with Gasteiger partial charge in [-0.3, -0.25) is 4.79 Å². The summed E-state index contributed by atoms with van der Waals surface area (Å²) in [6, 6.07) is 5.28. The van der Waals surface area contributed by atoms with Crippen LogP contribution in [-0.2, 0) is 4.79 Å². The summed E-state index contributed by atoms with van der Waals surface area (Å²) in [6.07, 6.45) is 4.61. The first-order valence-electron chi connectivity index (χ1n) is 8.14. The molecule has 2 atom stereocenters. The van der Waals surface area contributed by atoms with Crippen LogP contribution in [0.5, 0.6) is 0 Å². The summed E-state index contributed by atoms with van der Waals surface area (Å²) in [5.41, 5.74) is 8.65. The van der Waals surface area contributed by atoms with Gasteiger partial charge in [-0.1, -0.05) is 26.7 Å². The monoisotopic (exact) mass is 336 g/mol. The fourth-order valence-corrected chi connectivity index (χ4v) is 2.72. The van der Waals surface area contributed by atoms with E-state index in [1.165, 1.54) is 19.3 Å². The van der Waals surface area contributed by atoms with Crippen molar-refractivity contribution in [2.24, 2.45) is 11.7 Å². The van der Waals surface area contributed by atoms with Crippen LogP contribution >= 0.6 is 12.4 Å². The number of aromatic nitrogens is 2. The first kappa shape index (κ1) is 17.8. The average molecular weight is 337 g/mol. The van der Waals surface area contributed by atoms with E-state index in [-0.39, 0.29) is 24.2 Å². The third-order valence-electron chi connectivity index (χ3n) is 4.82. The number of carbonyl (C=O) groups is 1. The molecule has 1 aliphatic rings.